The van der Waals surface area contributed by atoms with Crippen LogP contribution in [0.3, 0.4) is 0 Å². The molecule has 0 spiro atoms. The fraction of sp³-hybridized carbons (Fsp3) is 1.00. The summed E-state index contributed by atoms with van der Waals surface area (Å²) in [5, 5.41) is 0. The van der Waals surface area contributed by atoms with Crippen molar-refractivity contribution in [2.75, 3.05) is 0 Å². The molecule has 0 aromatic heterocycles. The molecule has 0 heterocycles. The van der Waals surface area contributed by atoms with Crippen molar-refractivity contribution >= 4 is 0 Å². The zero-order chi connectivity index (χ0) is 8.17. The van der Waals surface area contributed by atoms with Crippen molar-refractivity contribution in [2.45, 2.75) is 34.1 Å². The number of hydrogen-bond acceptors (Lipinski definition) is 0. The maximum atomic E-state index is 2.42. The molecule has 0 bridgehead atoms. The fourth-order valence-electron chi connectivity index (χ4n) is 2.93. The SMILES string of the molecule is CC(C)C1CC1C1C(C)C1C. The molecule has 0 aromatic rings. The highest BCUT2D eigenvalue weighted by Gasteiger charge is 2.56. The molecule has 2 aliphatic carbocycles. The van der Waals surface area contributed by atoms with Gasteiger partial charge in [0.1, 0.15) is 0 Å². The minimum absolute atomic E-state index is 0.944. The van der Waals surface area contributed by atoms with E-state index >= 15 is 0 Å². The summed E-state index contributed by atoms with van der Waals surface area (Å²) in [5.74, 6) is 6.36. The Hall–Kier alpha value is 0. The topological polar surface area (TPSA) is 0 Å². The van der Waals surface area contributed by atoms with Crippen LogP contribution in [0, 0.1) is 35.5 Å². The summed E-state index contributed by atoms with van der Waals surface area (Å²) >= 11 is 0. The lowest BCUT2D eigenvalue weighted by Crippen LogP contribution is -1.95. The smallest absolute Gasteiger partial charge is 0.0326 e. The van der Waals surface area contributed by atoms with Crippen molar-refractivity contribution < 1.29 is 0 Å². The van der Waals surface area contributed by atoms with Crippen molar-refractivity contribution in [1.82, 2.24) is 0 Å². The van der Waals surface area contributed by atoms with E-state index in [0.29, 0.717) is 0 Å². The van der Waals surface area contributed by atoms with Gasteiger partial charge >= 0.3 is 0 Å². The first-order chi connectivity index (χ1) is 5.13. The first-order valence-corrected chi connectivity index (χ1v) is 5.13. The summed E-state index contributed by atoms with van der Waals surface area (Å²) in [6.45, 7) is 9.60. The molecular weight excluding hydrogens is 132 g/mol. The Morgan fingerprint density at radius 2 is 1.64 bits per heavy atom. The zero-order valence-corrected chi connectivity index (χ0v) is 8.17. The minimum Gasteiger partial charge on any atom is -0.0625 e. The summed E-state index contributed by atoms with van der Waals surface area (Å²) in [6.07, 6.45) is 1.54. The average Bonchev–Trinajstić information content (AvgIpc) is 2.74. The van der Waals surface area contributed by atoms with Crippen LogP contribution in [0.2, 0.25) is 0 Å². The van der Waals surface area contributed by atoms with E-state index in [-0.39, 0.29) is 0 Å². The summed E-state index contributed by atoms with van der Waals surface area (Å²) < 4.78 is 0. The molecule has 0 saturated heterocycles. The molecule has 0 aliphatic heterocycles. The van der Waals surface area contributed by atoms with Gasteiger partial charge in [0, 0.05) is 0 Å². The molecule has 0 N–H and O–H groups in total. The highest BCUT2D eigenvalue weighted by Crippen LogP contribution is 2.62. The van der Waals surface area contributed by atoms with Crippen LogP contribution in [0.1, 0.15) is 34.1 Å². The van der Waals surface area contributed by atoms with Crippen LogP contribution in [0.5, 0.6) is 0 Å². The van der Waals surface area contributed by atoms with Gasteiger partial charge in [0.2, 0.25) is 0 Å². The summed E-state index contributed by atoms with van der Waals surface area (Å²) in [6, 6.07) is 0. The van der Waals surface area contributed by atoms with Gasteiger partial charge in [-0.05, 0) is 41.9 Å². The zero-order valence-electron chi connectivity index (χ0n) is 8.17. The highest BCUT2D eigenvalue weighted by molar-refractivity contribution is 5.05. The molecule has 11 heavy (non-hydrogen) atoms. The fourth-order valence-corrected chi connectivity index (χ4v) is 2.93. The van der Waals surface area contributed by atoms with Crippen LogP contribution in [0.25, 0.3) is 0 Å². The predicted molar refractivity (Wildman–Crippen MR) is 48.3 cm³/mol. The third kappa shape index (κ3) is 1.11. The maximum absolute atomic E-state index is 2.42. The quantitative estimate of drug-likeness (QED) is 0.570. The van der Waals surface area contributed by atoms with E-state index in [4.69, 9.17) is 0 Å². The summed E-state index contributed by atoms with van der Waals surface area (Å²) in [4.78, 5) is 0. The average molecular weight is 152 g/mol. The van der Waals surface area contributed by atoms with Gasteiger partial charge in [0.15, 0.2) is 0 Å². The molecule has 0 amide bonds. The van der Waals surface area contributed by atoms with Crippen LogP contribution < -0.4 is 0 Å². The Bertz CT molecular complexity index is 151. The molecule has 2 rings (SSSR count). The number of hydrogen-bond donors (Lipinski definition) is 0. The summed E-state index contributed by atoms with van der Waals surface area (Å²) in [5.41, 5.74) is 0. The second-order valence-corrected chi connectivity index (χ2v) is 5.10. The third-order valence-corrected chi connectivity index (χ3v) is 4.14. The molecule has 4 unspecified atom stereocenters. The van der Waals surface area contributed by atoms with E-state index in [1.54, 1.807) is 0 Å². The lowest BCUT2D eigenvalue weighted by atomic mass is 10.0. The Morgan fingerprint density at radius 3 is 1.91 bits per heavy atom. The van der Waals surface area contributed by atoms with Gasteiger partial charge in [0.25, 0.3) is 0 Å². The molecule has 0 heteroatoms. The first-order valence-electron chi connectivity index (χ1n) is 5.13. The Kier molecular flexibility index (Phi) is 1.56. The van der Waals surface area contributed by atoms with E-state index in [1.807, 2.05) is 0 Å². The Balaban J connectivity index is 1.84. The van der Waals surface area contributed by atoms with E-state index in [0.717, 1.165) is 35.5 Å². The van der Waals surface area contributed by atoms with Crippen LogP contribution in [0.15, 0.2) is 0 Å². The lowest BCUT2D eigenvalue weighted by Gasteiger charge is -2.01. The van der Waals surface area contributed by atoms with E-state index in [9.17, 15) is 0 Å². The van der Waals surface area contributed by atoms with Crippen LogP contribution >= 0.6 is 0 Å². The monoisotopic (exact) mass is 152 g/mol. The van der Waals surface area contributed by atoms with Gasteiger partial charge < -0.3 is 0 Å². The van der Waals surface area contributed by atoms with Crippen molar-refractivity contribution in [3.8, 4) is 0 Å². The molecule has 2 saturated carbocycles. The molecule has 4 atom stereocenters. The standard InChI is InChI=1S/C11H20/c1-6(2)9-5-10(9)11-7(3)8(11)4/h6-11H,5H2,1-4H3. The van der Waals surface area contributed by atoms with Crippen molar-refractivity contribution in [2.24, 2.45) is 35.5 Å². The first kappa shape index (κ1) is 7.64. The van der Waals surface area contributed by atoms with Gasteiger partial charge in [-0.1, -0.05) is 27.7 Å². The number of rotatable bonds is 2. The van der Waals surface area contributed by atoms with E-state index < -0.39 is 0 Å². The second-order valence-electron chi connectivity index (χ2n) is 5.10. The van der Waals surface area contributed by atoms with E-state index in [2.05, 4.69) is 27.7 Å². The van der Waals surface area contributed by atoms with Crippen molar-refractivity contribution in [1.29, 1.82) is 0 Å². The molecular formula is C11H20. The Labute approximate surface area is 70.4 Å². The largest absolute Gasteiger partial charge is 0.0625 e. The second kappa shape index (κ2) is 2.24. The molecule has 2 aliphatic rings. The molecule has 0 nitrogen and oxygen atoms in total. The lowest BCUT2D eigenvalue weighted by molar-refractivity contribution is 0.477. The predicted octanol–water partition coefficient (Wildman–Crippen LogP) is 3.18. The van der Waals surface area contributed by atoms with Gasteiger partial charge in [0.05, 0.1) is 0 Å². The van der Waals surface area contributed by atoms with Gasteiger partial charge in [-0.3, -0.25) is 0 Å². The minimum atomic E-state index is 0.944. The van der Waals surface area contributed by atoms with Crippen molar-refractivity contribution in [3.05, 3.63) is 0 Å². The molecule has 0 radical (unpaired) electrons. The Morgan fingerprint density at radius 1 is 1.09 bits per heavy atom. The van der Waals surface area contributed by atoms with Gasteiger partial charge in [-0.25, -0.2) is 0 Å². The van der Waals surface area contributed by atoms with Gasteiger partial charge in [-0.2, -0.15) is 0 Å². The highest BCUT2D eigenvalue weighted by atomic mass is 14.6. The summed E-state index contributed by atoms with van der Waals surface area (Å²) in [7, 11) is 0. The van der Waals surface area contributed by atoms with E-state index in [1.165, 1.54) is 6.42 Å². The normalized spacial score (nSPS) is 54.8. The molecule has 0 aromatic carbocycles. The van der Waals surface area contributed by atoms with Crippen LogP contribution in [-0.4, -0.2) is 0 Å². The van der Waals surface area contributed by atoms with Crippen LogP contribution in [-0.2, 0) is 0 Å². The van der Waals surface area contributed by atoms with Crippen molar-refractivity contribution in [3.63, 3.8) is 0 Å². The molecule has 2 fully saturated rings. The third-order valence-electron chi connectivity index (χ3n) is 4.14. The maximum Gasteiger partial charge on any atom is -0.0326 e. The van der Waals surface area contributed by atoms with Crippen LogP contribution in [0.4, 0.5) is 0 Å². The van der Waals surface area contributed by atoms with Gasteiger partial charge in [-0.15, -0.1) is 0 Å². The molecule has 64 valence electrons.